The van der Waals surface area contributed by atoms with E-state index in [1.54, 1.807) is 18.2 Å². The summed E-state index contributed by atoms with van der Waals surface area (Å²) in [6, 6.07) is 4.17. The molecule has 1 unspecified atom stereocenters. The van der Waals surface area contributed by atoms with E-state index in [1.165, 1.54) is 19.3 Å². The second-order valence-corrected chi connectivity index (χ2v) is 7.23. The van der Waals surface area contributed by atoms with Crippen LogP contribution >= 0.6 is 0 Å². The van der Waals surface area contributed by atoms with E-state index in [0.717, 1.165) is 38.0 Å². The highest BCUT2D eigenvalue weighted by Crippen LogP contribution is 2.16. The van der Waals surface area contributed by atoms with E-state index in [1.807, 2.05) is 0 Å². The molecule has 0 aliphatic carbocycles. The summed E-state index contributed by atoms with van der Waals surface area (Å²) in [5.41, 5.74) is 6.70. The van der Waals surface area contributed by atoms with Gasteiger partial charge in [0.25, 0.3) is 5.91 Å². The molecule has 8 nitrogen and oxygen atoms in total. The Hall–Kier alpha value is -2.74. The fourth-order valence-corrected chi connectivity index (χ4v) is 3.25. The van der Waals surface area contributed by atoms with Gasteiger partial charge in [0, 0.05) is 29.8 Å². The summed E-state index contributed by atoms with van der Waals surface area (Å²) in [5.74, 6) is -1.38. The molecule has 3 amide bonds. The van der Waals surface area contributed by atoms with Crippen LogP contribution in [0.5, 0.6) is 0 Å². The minimum Gasteiger partial charge on any atom is -0.385 e. The first-order valence-corrected chi connectivity index (χ1v) is 10.2. The van der Waals surface area contributed by atoms with Crippen LogP contribution in [-0.2, 0) is 9.59 Å². The van der Waals surface area contributed by atoms with Crippen molar-refractivity contribution in [2.24, 2.45) is 5.73 Å². The lowest BCUT2D eigenvalue weighted by Crippen LogP contribution is -2.52. The minimum atomic E-state index is -0.776. The van der Waals surface area contributed by atoms with Crippen molar-refractivity contribution in [3.63, 3.8) is 0 Å². The maximum atomic E-state index is 12.5. The molecule has 0 bridgehead atoms. The lowest BCUT2D eigenvalue weighted by atomic mass is 10.0. The number of unbranched alkanes of at least 4 members (excludes halogenated alkanes) is 5. The standard InChI is InChI=1S/C21H30N4O4/c22-11-5-3-1-2-4-6-12-23-16-7-8-17(15(13-16)14-26)20(28)24-18-9-10-19(27)25-21(18)29/h7-8,13-14,18,23H,1-6,9-12,22H2,(H,24,28)(H,25,27,29). The highest BCUT2D eigenvalue weighted by Gasteiger charge is 2.28. The summed E-state index contributed by atoms with van der Waals surface area (Å²) in [7, 11) is 0. The number of imide groups is 1. The fourth-order valence-electron chi connectivity index (χ4n) is 3.25. The molecule has 0 spiro atoms. The number of aldehydes is 1. The van der Waals surface area contributed by atoms with Gasteiger partial charge in [0.2, 0.25) is 11.8 Å². The Kier molecular flexibility index (Phi) is 9.30. The quantitative estimate of drug-likeness (QED) is 0.239. The van der Waals surface area contributed by atoms with Gasteiger partial charge in [-0.2, -0.15) is 0 Å². The molecule has 1 aliphatic rings. The Balaban J connectivity index is 1.83. The number of hydrogen-bond acceptors (Lipinski definition) is 6. The molecule has 0 radical (unpaired) electrons. The van der Waals surface area contributed by atoms with Crippen LogP contribution in [0.25, 0.3) is 0 Å². The third-order valence-electron chi connectivity index (χ3n) is 4.93. The summed E-state index contributed by atoms with van der Waals surface area (Å²) in [5, 5.41) is 8.05. The first-order chi connectivity index (χ1) is 14.0. The first kappa shape index (κ1) is 22.5. The molecule has 1 heterocycles. The molecule has 1 atom stereocenters. The van der Waals surface area contributed by atoms with Crippen LogP contribution in [0.15, 0.2) is 18.2 Å². The smallest absolute Gasteiger partial charge is 0.252 e. The molecular formula is C21H30N4O4. The van der Waals surface area contributed by atoms with E-state index in [-0.39, 0.29) is 29.9 Å². The number of piperidine rings is 1. The summed E-state index contributed by atoms with van der Waals surface area (Å²) in [4.78, 5) is 46.9. The van der Waals surface area contributed by atoms with Crippen LogP contribution < -0.4 is 21.7 Å². The van der Waals surface area contributed by atoms with Gasteiger partial charge in [0.1, 0.15) is 6.04 Å². The molecular weight excluding hydrogens is 372 g/mol. The Labute approximate surface area is 171 Å². The van der Waals surface area contributed by atoms with Crippen molar-refractivity contribution in [2.45, 2.75) is 57.4 Å². The molecule has 8 heteroatoms. The number of nitrogens with two attached hydrogens (primary N) is 1. The Bertz CT molecular complexity index is 735. The zero-order valence-electron chi connectivity index (χ0n) is 16.7. The van der Waals surface area contributed by atoms with Crippen molar-refractivity contribution in [3.8, 4) is 0 Å². The zero-order chi connectivity index (χ0) is 21.1. The molecule has 1 aromatic carbocycles. The number of hydrogen-bond donors (Lipinski definition) is 4. The molecule has 5 N–H and O–H groups in total. The number of anilines is 1. The lowest BCUT2D eigenvalue weighted by Gasteiger charge is -2.22. The summed E-state index contributed by atoms with van der Waals surface area (Å²) in [6.07, 6.45) is 7.84. The van der Waals surface area contributed by atoms with Crippen LogP contribution in [0.1, 0.15) is 72.1 Å². The van der Waals surface area contributed by atoms with Crippen molar-refractivity contribution in [2.75, 3.05) is 18.4 Å². The van der Waals surface area contributed by atoms with Crippen LogP contribution in [0.2, 0.25) is 0 Å². The molecule has 1 saturated heterocycles. The number of carbonyl (C=O) groups excluding carboxylic acids is 4. The summed E-state index contributed by atoms with van der Waals surface area (Å²) in [6.45, 7) is 1.54. The van der Waals surface area contributed by atoms with Gasteiger partial charge in [0.05, 0.1) is 0 Å². The molecule has 1 aromatic rings. The third-order valence-corrected chi connectivity index (χ3v) is 4.93. The van der Waals surface area contributed by atoms with Gasteiger partial charge in [-0.15, -0.1) is 0 Å². The first-order valence-electron chi connectivity index (χ1n) is 10.2. The maximum absolute atomic E-state index is 12.5. The van der Waals surface area contributed by atoms with Gasteiger partial charge in [0.15, 0.2) is 6.29 Å². The minimum absolute atomic E-state index is 0.174. The van der Waals surface area contributed by atoms with E-state index in [9.17, 15) is 19.2 Å². The number of benzene rings is 1. The van der Waals surface area contributed by atoms with Crippen LogP contribution in [0.4, 0.5) is 5.69 Å². The lowest BCUT2D eigenvalue weighted by molar-refractivity contribution is -0.134. The highest BCUT2D eigenvalue weighted by atomic mass is 16.2. The number of amides is 3. The molecule has 158 valence electrons. The average molecular weight is 402 g/mol. The third kappa shape index (κ3) is 7.30. The zero-order valence-corrected chi connectivity index (χ0v) is 16.7. The van der Waals surface area contributed by atoms with Crippen LogP contribution in [0, 0.1) is 0 Å². The molecule has 2 rings (SSSR count). The summed E-state index contributed by atoms with van der Waals surface area (Å²) >= 11 is 0. The Morgan fingerprint density at radius 2 is 1.86 bits per heavy atom. The maximum Gasteiger partial charge on any atom is 0.252 e. The number of rotatable bonds is 12. The molecule has 0 aromatic heterocycles. The summed E-state index contributed by atoms with van der Waals surface area (Å²) < 4.78 is 0. The Morgan fingerprint density at radius 1 is 1.14 bits per heavy atom. The normalized spacial score (nSPS) is 16.2. The van der Waals surface area contributed by atoms with Crippen molar-refractivity contribution in [1.29, 1.82) is 0 Å². The fraction of sp³-hybridized carbons (Fsp3) is 0.524. The molecule has 29 heavy (non-hydrogen) atoms. The van der Waals surface area contributed by atoms with Gasteiger partial charge < -0.3 is 16.4 Å². The van der Waals surface area contributed by atoms with Gasteiger partial charge in [-0.1, -0.05) is 25.7 Å². The van der Waals surface area contributed by atoms with Crippen LogP contribution in [0.3, 0.4) is 0 Å². The van der Waals surface area contributed by atoms with Crippen molar-refractivity contribution in [1.82, 2.24) is 10.6 Å². The largest absolute Gasteiger partial charge is 0.385 e. The molecule has 1 aliphatic heterocycles. The van der Waals surface area contributed by atoms with Gasteiger partial charge in [-0.25, -0.2) is 0 Å². The van der Waals surface area contributed by atoms with Crippen molar-refractivity contribution in [3.05, 3.63) is 29.3 Å². The van der Waals surface area contributed by atoms with E-state index in [4.69, 9.17) is 5.73 Å². The van der Waals surface area contributed by atoms with E-state index in [0.29, 0.717) is 6.29 Å². The molecule has 1 fully saturated rings. The van der Waals surface area contributed by atoms with Crippen molar-refractivity contribution >= 4 is 29.7 Å². The van der Waals surface area contributed by atoms with E-state index < -0.39 is 17.9 Å². The average Bonchev–Trinajstić information content (AvgIpc) is 2.71. The number of carbonyl (C=O) groups is 4. The van der Waals surface area contributed by atoms with Gasteiger partial charge >= 0.3 is 0 Å². The predicted octanol–water partition coefficient (Wildman–Crippen LogP) is 1.75. The molecule has 0 saturated carbocycles. The van der Waals surface area contributed by atoms with Crippen molar-refractivity contribution < 1.29 is 19.2 Å². The number of nitrogens with one attached hydrogen (secondary N) is 3. The highest BCUT2D eigenvalue weighted by molar-refractivity contribution is 6.06. The SMILES string of the molecule is NCCCCCCCCNc1ccc(C(=O)NC2CCC(=O)NC2=O)c(C=O)c1. The second-order valence-electron chi connectivity index (χ2n) is 7.23. The van der Waals surface area contributed by atoms with E-state index in [2.05, 4.69) is 16.0 Å². The topological polar surface area (TPSA) is 130 Å². The second kappa shape index (κ2) is 12.0. The monoisotopic (exact) mass is 402 g/mol. The Morgan fingerprint density at radius 3 is 2.55 bits per heavy atom. The predicted molar refractivity (Wildman–Crippen MR) is 111 cm³/mol. The van der Waals surface area contributed by atoms with E-state index >= 15 is 0 Å². The van der Waals surface area contributed by atoms with Crippen LogP contribution in [-0.4, -0.2) is 43.1 Å². The van der Waals surface area contributed by atoms with Gasteiger partial charge in [-0.05, 0) is 44.0 Å². The van der Waals surface area contributed by atoms with Gasteiger partial charge in [-0.3, -0.25) is 24.5 Å².